The SMILES string of the molecule is C1=C[C@H]2C=C(c3ccccc3)[C@@H](C=C1)C2. The van der Waals surface area contributed by atoms with E-state index in [2.05, 4.69) is 60.7 Å². The summed E-state index contributed by atoms with van der Waals surface area (Å²) in [6.45, 7) is 0. The lowest BCUT2D eigenvalue weighted by atomic mass is 9.94. The van der Waals surface area contributed by atoms with E-state index < -0.39 is 0 Å². The van der Waals surface area contributed by atoms with Crippen LogP contribution in [0.2, 0.25) is 0 Å². The molecule has 0 aromatic heterocycles. The summed E-state index contributed by atoms with van der Waals surface area (Å²) in [5, 5.41) is 0. The Kier molecular flexibility index (Phi) is 2.06. The highest BCUT2D eigenvalue weighted by Crippen LogP contribution is 2.39. The van der Waals surface area contributed by atoms with E-state index in [0.717, 1.165) is 0 Å². The second-order valence-corrected chi connectivity index (χ2v) is 4.26. The van der Waals surface area contributed by atoms with Crippen LogP contribution >= 0.6 is 0 Å². The van der Waals surface area contributed by atoms with Crippen LogP contribution in [0.15, 0.2) is 60.7 Å². The van der Waals surface area contributed by atoms with Crippen molar-refractivity contribution in [1.82, 2.24) is 0 Å². The molecule has 0 saturated carbocycles. The summed E-state index contributed by atoms with van der Waals surface area (Å²) < 4.78 is 0. The molecular formula is C15H14. The number of fused-ring (bicyclic) bond motifs is 2. The molecule has 0 nitrogen and oxygen atoms in total. The monoisotopic (exact) mass is 194 g/mol. The highest BCUT2D eigenvalue weighted by molar-refractivity contribution is 5.71. The molecule has 1 aromatic rings. The minimum absolute atomic E-state index is 0.618. The van der Waals surface area contributed by atoms with Gasteiger partial charge >= 0.3 is 0 Å². The van der Waals surface area contributed by atoms with Crippen molar-refractivity contribution < 1.29 is 0 Å². The molecule has 2 atom stereocenters. The van der Waals surface area contributed by atoms with Gasteiger partial charge in [0, 0.05) is 5.92 Å². The standard InChI is InChI=1S/C15H14/c1-2-7-13(8-3-1)15-11-12-6-4-5-9-14(15)10-12/h1-9,11-12,14H,10H2/t12-,14+/m1/s1. The summed E-state index contributed by atoms with van der Waals surface area (Å²) in [4.78, 5) is 0. The van der Waals surface area contributed by atoms with Gasteiger partial charge in [-0.25, -0.2) is 0 Å². The van der Waals surface area contributed by atoms with Gasteiger partial charge in [-0.1, -0.05) is 60.7 Å². The summed E-state index contributed by atoms with van der Waals surface area (Å²) in [5.41, 5.74) is 2.88. The molecule has 0 radical (unpaired) electrons. The Morgan fingerprint density at radius 2 is 1.73 bits per heavy atom. The van der Waals surface area contributed by atoms with Gasteiger partial charge in [0.05, 0.1) is 0 Å². The van der Waals surface area contributed by atoms with Crippen LogP contribution < -0.4 is 0 Å². The van der Waals surface area contributed by atoms with Crippen LogP contribution in [0.5, 0.6) is 0 Å². The summed E-state index contributed by atoms with van der Waals surface area (Å²) in [6, 6.07) is 10.7. The van der Waals surface area contributed by atoms with Crippen molar-refractivity contribution in [2.75, 3.05) is 0 Å². The van der Waals surface area contributed by atoms with Crippen LogP contribution in [0.3, 0.4) is 0 Å². The van der Waals surface area contributed by atoms with E-state index in [4.69, 9.17) is 0 Å². The lowest BCUT2D eigenvalue weighted by Crippen LogP contribution is -1.95. The predicted molar refractivity (Wildman–Crippen MR) is 64.3 cm³/mol. The average molecular weight is 194 g/mol. The molecule has 2 aliphatic rings. The van der Waals surface area contributed by atoms with E-state index in [-0.39, 0.29) is 0 Å². The average Bonchev–Trinajstić information content (AvgIpc) is 2.52. The Hall–Kier alpha value is -1.56. The van der Waals surface area contributed by atoms with Crippen molar-refractivity contribution in [2.24, 2.45) is 11.8 Å². The fraction of sp³-hybridized carbons (Fsp3) is 0.200. The van der Waals surface area contributed by atoms with Gasteiger partial charge in [0.15, 0.2) is 0 Å². The number of hydrogen-bond donors (Lipinski definition) is 0. The first-order chi connectivity index (χ1) is 7.43. The minimum atomic E-state index is 0.618. The van der Waals surface area contributed by atoms with E-state index in [1.807, 2.05) is 0 Å². The summed E-state index contributed by atoms with van der Waals surface area (Å²) in [6.07, 6.45) is 12.6. The highest BCUT2D eigenvalue weighted by Gasteiger charge is 2.24. The number of allylic oxidation sites excluding steroid dienone is 6. The minimum Gasteiger partial charge on any atom is -0.0776 e. The third-order valence-corrected chi connectivity index (χ3v) is 3.24. The van der Waals surface area contributed by atoms with Crippen molar-refractivity contribution in [3.63, 3.8) is 0 Å². The second-order valence-electron chi connectivity index (χ2n) is 4.26. The predicted octanol–water partition coefficient (Wildman–Crippen LogP) is 3.83. The quantitative estimate of drug-likeness (QED) is 0.637. The van der Waals surface area contributed by atoms with Crippen molar-refractivity contribution in [1.29, 1.82) is 0 Å². The summed E-state index contributed by atoms with van der Waals surface area (Å²) in [5.74, 6) is 1.26. The summed E-state index contributed by atoms with van der Waals surface area (Å²) in [7, 11) is 0. The van der Waals surface area contributed by atoms with E-state index in [0.29, 0.717) is 11.8 Å². The van der Waals surface area contributed by atoms with Gasteiger partial charge < -0.3 is 0 Å². The summed E-state index contributed by atoms with van der Waals surface area (Å²) >= 11 is 0. The van der Waals surface area contributed by atoms with Crippen molar-refractivity contribution in [3.8, 4) is 0 Å². The maximum Gasteiger partial charge on any atom is 0.00326 e. The topological polar surface area (TPSA) is 0 Å². The first-order valence-electron chi connectivity index (χ1n) is 5.55. The normalized spacial score (nSPS) is 27.6. The molecule has 0 heteroatoms. The Morgan fingerprint density at radius 3 is 2.60 bits per heavy atom. The van der Waals surface area contributed by atoms with Crippen LogP contribution in [-0.2, 0) is 0 Å². The third kappa shape index (κ3) is 1.56. The molecule has 0 fully saturated rings. The molecule has 0 aliphatic heterocycles. The van der Waals surface area contributed by atoms with E-state index >= 15 is 0 Å². The van der Waals surface area contributed by atoms with E-state index in [9.17, 15) is 0 Å². The molecule has 1 aromatic carbocycles. The van der Waals surface area contributed by atoms with Gasteiger partial charge in [0.25, 0.3) is 0 Å². The molecule has 0 heterocycles. The lowest BCUT2D eigenvalue weighted by molar-refractivity contribution is 0.689. The molecule has 0 amide bonds. The number of benzene rings is 1. The molecule has 0 spiro atoms. The van der Waals surface area contributed by atoms with Crippen LogP contribution in [0.4, 0.5) is 0 Å². The third-order valence-electron chi connectivity index (χ3n) is 3.24. The molecule has 0 N–H and O–H groups in total. The Balaban J connectivity index is 2.02. The molecule has 15 heavy (non-hydrogen) atoms. The van der Waals surface area contributed by atoms with Crippen molar-refractivity contribution >= 4 is 5.57 Å². The second kappa shape index (κ2) is 3.54. The largest absolute Gasteiger partial charge is 0.0776 e. The molecule has 0 saturated heterocycles. The fourth-order valence-electron chi connectivity index (χ4n) is 2.50. The van der Waals surface area contributed by atoms with Gasteiger partial charge in [-0.05, 0) is 23.5 Å². The van der Waals surface area contributed by atoms with Crippen LogP contribution in [0.25, 0.3) is 5.57 Å². The fourth-order valence-corrected chi connectivity index (χ4v) is 2.50. The molecule has 2 bridgehead atoms. The molecule has 0 unspecified atom stereocenters. The Bertz CT molecular complexity index is 434. The number of rotatable bonds is 1. The zero-order valence-corrected chi connectivity index (χ0v) is 8.64. The smallest absolute Gasteiger partial charge is 0.00326 e. The van der Waals surface area contributed by atoms with Gasteiger partial charge in [-0.2, -0.15) is 0 Å². The molecular weight excluding hydrogens is 180 g/mol. The zero-order chi connectivity index (χ0) is 10.1. The molecule has 74 valence electrons. The first-order valence-corrected chi connectivity index (χ1v) is 5.55. The van der Waals surface area contributed by atoms with Gasteiger partial charge in [0.2, 0.25) is 0 Å². The molecule has 2 aliphatic carbocycles. The maximum absolute atomic E-state index is 2.42. The highest BCUT2D eigenvalue weighted by atomic mass is 14.3. The van der Waals surface area contributed by atoms with Crippen molar-refractivity contribution in [2.45, 2.75) is 6.42 Å². The van der Waals surface area contributed by atoms with Crippen LogP contribution in [-0.4, -0.2) is 0 Å². The lowest BCUT2D eigenvalue weighted by Gasteiger charge is -2.10. The molecule has 3 rings (SSSR count). The Labute approximate surface area is 90.6 Å². The maximum atomic E-state index is 2.42. The Morgan fingerprint density at radius 1 is 0.933 bits per heavy atom. The van der Waals surface area contributed by atoms with Crippen molar-refractivity contribution in [3.05, 3.63) is 66.3 Å². The van der Waals surface area contributed by atoms with Crippen LogP contribution in [0, 0.1) is 11.8 Å². The van der Waals surface area contributed by atoms with Gasteiger partial charge in [0.1, 0.15) is 0 Å². The van der Waals surface area contributed by atoms with E-state index in [1.54, 1.807) is 0 Å². The first kappa shape index (κ1) is 8.72. The number of hydrogen-bond acceptors (Lipinski definition) is 0. The van der Waals surface area contributed by atoms with Crippen LogP contribution in [0.1, 0.15) is 12.0 Å². The van der Waals surface area contributed by atoms with Gasteiger partial charge in [-0.15, -0.1) is 0 Å². The van der Waals surface area contributed by atoms with E-state index in [1.165, 1.54) is 17.6 Å². The van der Waals surface area contributed by atoms with Gasteiger partial charge in [-0.3, -0.25) is 0 Å². The zero-order valence-electron chi connectivity index (χ0n) is 8.64.